The lowest BCUT2D eigenvalue weighted by molar-refractivity contribution is 0.477. The topological polar surface area (TPSA) is 73.8 Å². The summed E-state index contributed by atoms with van der Waals surface area (Å²) in [7, 11) is -0.111. The smallest absolute Gasteiger partial charge is 0.240 e. The van der Waals surface area contributed by atoms with Crippen molar-refractivity contribution in [3.8, 4) is 0 Å². The van der Waals surface area contributed by atoms with Gasteiger partial charge in [-0.05, 0) is 49.4 Å². The Labute approximate surface area is 189 Å². The number of nitrogens with zero attached hydrogens (tertiary/aromatic N) is 2. The monoisotopic (exact) mass is 536 g/mol. The van der Waals surface area contributed by atoms with Gasteiger partial charge >= 0.3 is 0 Å². The number of aliphatic imine (C=N–C) groups is 1. The standard InChI is InChI=1S/C19H25ClN4O2S.HI/c1-4-22-19(24(3)14-15-8-10-17(20)11-9-15)23-13-16-6-5-7-18(12-16)27(25,26)21-2;/h5-12,21H,4,13-14H2,1-3H3,(H,22,23);1H. The first-order valence-corrected chi connectivity index (χ1v) is 10.5. The van der Waals surface area contributed by atoms with Crippen LogP contribution in [0.3, 0.4) is 0 Å². The van der Waals surface area contributed by atoms with Crippen molar-refractivity contribution in [2.45, 2.75) is 24.9 Å². The summed E-state index contributed by atoms with van der Waals surface area (Å²) in [5.74, 6) is 0.745. The highest BCUT2D eigenvalue weighted by atomic mass is 127. The second-order valence-electron chi connectivity index (χ2n) is 6.01. The maximum atomic E-state index is 12.0. The molecule has 0 spiro atoms. The zero-order valence-electron chi connectivity index (χ0n) is 16.1. The fourth-order valence-electron chi connectivity index (χ4n) is 2.50. The summed E-state index contributed by atoms with van der Waals surface area (Å²) in [5, 5.41) is 3.97. The van der Waals surface area contributed by atoms with Gasteiger partial charge in [0.15, 0.2) is 5.96 Å². The molecular weight excluding hydrogens is 511 g/mol. The third-order valence-electron chi connectivity index (χ3n) is 3.92. The lowest BCUT2D eigenvalue weighted by atomic mass is 10.2. The van der Waals surface area contributed by atoms with Crippen LogP contribution >= 0.6 is 35.6 Å². The Balaban J connectivity index is 0.00000392. The SMILES string of the molecule is CCNC(=NCc1cccc(S(=O)(=O)NC)c1)N(C)Cc1ccc(Cl)cc1.I. The quantitative estimate of drug-likeness (QED) is 0.323. The third kappa shape index (κ3) is 7.23. The minimum Gasteiger partial charge on any atom is -0.357 e. The number of guanidine groups is 1. The zero-order chi connectivity index (χ0) is 19.9. The van der Waals surface area contributed by atoms with E-state index in [4.69, 9.17) is 11.6 Å². The Morgan fingerprint density at radius 2 is 1.82 bits per heavy atom. The number of hydrogen-bond acceptors (Lipinski definition) is 3. The normalized spacial score (nSPS) is 11.6. The van der Waals surface area contributed by atoms with Crippen LogP contribution in [0, 0.1) is 0 Å². The number of sulfonamides is 1. The molecule has 0 atom stereocenters. The van der Waals surface area contributed by atoms with Crippen molar-refractivity contribution in [3.63, 3.8) is 0 Å². The van der Waals surface area contributed by atoms with Crippen molar-refractivity contribution in [2.75, 3.05) is 20.6 Å². The van der Waals surface area contributed by atoms with E-state index in [9.17, 15) is 8.42 Å². The Bertz CT molecular complexity index is 889. The van der Waals surface area contributed by atoms with E-state index >= 15 is 0 Å². The Kier molecular flexibility index (Phi) is 10.2. The van der Waals surface area contributed by atoms with E-state index in [2.05, 4.69) is 15.0 Å². The van der Waals surface area contributed by atoms with E-state index in [1.807, 2.05) is 49.2 Å². The lowest BCUT2D eigenvalue weighted by Crippen LogP contribution is -2.38. The molecule has 0 saturated carbocycles. The first-order valence-electron chi connectivity index (χ1n) is 8.62. The van der Waals surface area contributed by atoms with Gasteiger partial charge in [0.05, 0.1) is 11.4 Å². The molecule has 28 heavy (non-hydrogen) atoms. The minimum absolute atomic E-state index is 0. The molecule has 0 aromatic heterocycles. The summed E-state index contributed by atoms with van der Waals surface area (Å²) < 4.78 is 26.2. The van der Waals surface area contributed by atoms with Crippen LogP contribution in [0.15, 0.2) is 58.4 Å². The van der Waals surface area contributed by atoms with Crippen LogP contribution in [-0.4, -0.2) is 39.9 Å². The average molecular weight is 537 g/mol. The van der Waals surface area contributed by atoms with Gasteiger partial charge in [-0.25, -0.2) is 18.1 Å². The largest absolute Gasteiger partial charge is 0.357 e. The van der Waals surface area contributed by atoms with Gasteiger partial charge in [-0.2, -0.15) is 0 Å². The van der Waals surface area contributed by atoms with E-state index < -0.39 is 10.0 Å². The van der Waals surface area contributed by atoms with Crippen LogP contribution in [0.5, 0.6) is 0 Å². The van der Waals surface area contributed by atoms with Crippen LogP contribution in [0.4, 0.5) is 0 Å². The number of halogens is 2. The van der Waals surface area contributed by atoms with Crippen LogP contribution in [-0.2, 0) is 23.1 Å². The first-order chi connectivity index (χ1) is 12.9. The summed E-state index contributed by atoms with van der Waals surface area (Å²) in [6.07, 6.45) is 0. The molecule has 0 radical (unpaired) electrons. The van der Waals surface area contributed by atoms with Crippen molar-refractivity contribution in [3.05, 3.63) is 64.7 Å². The first kappa shape index (κ1) is 24.7. The summed E-state index contributed by atoms with van der Waals surface area (Å²) in [4.78, 5) is 6.88. The minimum atomic E-state index is -3.47. The zero-order valence-corrected chi connectivity index (χ0v) is 20.0. The highest BCUT2D eigenvalue weighted by Crippen LogP contribution is 2.13. The van der Waals surface area contributed by atoms with E-state index in [0.29, 0.717) is 18.1 Å². The molecule has 6 nitrogen and oxygen atoms in total. The number of rotatable bonds is 7. The molecule has 0 heterocycles. The van der Waals surface area contributed by atoms with Crippen molar-refractivity contribution >= 4 is 51.6 Å². The molecule has 0 saturated heterocycles. The van der Waals surface area contributed by atoms with Gasteiger partial charge in [-0.3, -0.25) is 0 Å². The Hall–Kier alpha value is -1.36. The fourth-order valence-corrected chi connectivity index (χ4v) is 3.43. The highest BCUT2D eigenvalue weighted by molar-refractivity contribution is 14.0. The molecule has 2 rings (SSSR count). The maximum Gasteiger partial charge on any atom is 0.240 e. The van der Waals surface area contributed by atoms with Gasteiger partial charge < -0.3 is 10.2 Å². The van der Waals surface area contributed by atoms with Crippen molar-refractivity contribution in [1.82, 2.24) is 14.9 Å². The Morgan fingerprint density at radius 1 is 1.14 bits per heavy atom. The predicted octanol–water partition coefficient (Wildman–Crippen LogP) is 3.46. The molecule has 154 valence electrons. The second kappa shape index (κ2) is 11.6. The average Bonchev–Trinajstić information content (AvgIpc) is 2.67. The van der Waals surface area contributed by atoms with Crippen molar-refractivity contribution in [1.29, 1.82) is 0 Å². The summed E-state index contributed by atoms with van der Waals surface area (Å²) in [5.41, 5.74) is 1.94. The maximum absolute atomic E-state index is 12.0. The Morgan fingerprint density at radius 3 is 2.43 bits per heavy atom. The molecule has 0 amide bonds. The van der Waals surface area contributed by atoms with Gasteiger partial charge in [-0.1, -0.05) is 35.9 Å². The van der Waals surface area contributed by atoms with Gasteiger partial charge in [0.1, 0.15) is 0 Å². The molecule has 0 aliphatic rings. The van der Waals surface area contributed by atoms with E-state index in [-0.39, 0.29) is 28.9 Å². The molecule has 0 fully saturated rings. The molecule has 0 aliphatic carbocycles. The third-order valence-corrected chi connectivity index (χ3v) is 5.58. The highest BCUT2D eigenvalue weighted by Gasteiger charge is 2.12. The molecule has 0 unspecified atom stereocenters. The molecule has 9 heteroatoms. The van der Waals surface area contributed by atoms with Gasteiger partial charge in [0, 0.05) is 25.2 Å². The van der Waals surface area contributed by atoms with Crippen molar-refractivity contribution in [2.24, 2.45) is 4.99 Å². The molecule has 2 aromatic rings. The van der Waals surface area contributed by atoms with Crippen molar-refractivity contribution < 1.29 is 8.42 Å². The van der Waals surface area contributed by atoms with Crippen LogP contribution in [0.25, 0.3) is 0 Å². The van der Waals surface area contributed by atoms with E-state index in [1.165, 1.54) is 7.05 Å². The number of hydrogen-bond donors (Lipinski definition) is 2. The molecule has 2 aromatic carbocycles. The van der Waals surface area contributed by atoms with Crippen LogP contribution in [0.2, 0.25) is 5.02 Å². The second-order valence-corrected chi connectivity index (χ2v) is 8.33. The predicted molar refractivity (Wildman–Crippen MR) is 126 cm³/mol. The lowest BCUT2D eigenvalue weighted by Gasteiger charge is -2.22. The fraction of sp³-hybridized carbons (Fsp3) is 0.316. The van der Waals surface area contributed by atoms with Crippen LogP contribution in [0.1, 0.15) is 18.1 Å². The van der Waals surface area contributed by atoms with E-state index in [0.717, 1.165) is 23.6 Å². The van der Waals surface area contributed by atoms with Crippen LogP contribution < -0.4 is 10.0 Å². The molecular formula is C19H26ClIN4O2S. The number of benzene rings is 2. The number of nitrogens with one attached hydrogen (secondary N) is 2. The summed E-state index contributed by atoms with van der Waals surface area (Å²) in [6.45, 7) is 3.79. The molecule has 0 bridgehead atoms. The van der Waals surface area contributed by atoms with Gasteiger partial charge in [0.25, 0.3) is 0 Å². The molecule has 2 N–H and O–H groups in total. The van der Waals surface area contributed by atoms with Gasteiger partial charge in [-0.15, -0.1) is 24.0 Å². The summed E-state index contributed by atoms with van der Waals surface area (Å²) in [6, 6.07) is 14.5. The summed E-state index contributed by atoms with van der Waals surface area (Å²) >= 11 is 5.94. The van der Waals surface area contributed by atoms with Gasteiger partial charge in [0.2, 0.25) is 10.0 Å². The molecule has 0 aliphatic heterocycles. The van der Waals surface area contributed by atoms with E-state index in [1.54, 1.807) is 18.2 Å².